The van der Waals surface area contributed by atoms with Crippen LogP contribution in [-0.4, -0.2) is 39.4 Å². The molecule has 1 aliphatic heterocycles. The molecule has 0 unspecified atom stereocenters. The third-order valence-corrected chi connectivity index (χ3v) is 7.89. The van der Waals surface area contributed by atoms with Crippen molar-refractivity contribution in [3.05, 3.63) is 81.8 Å². The van der Waals surface area contributed by atoms with Crippen LogP contribution >= 0.6 is 15.9 Å². The molecule has 3 aromatic carbocycles. The molecule has 9 heteroatoms. The van der Waals surface area contributed by atoms with E-state index in [4.69, 9.17) is 9.47 Å². The molecule has 33 heavy (non-hydrogen) atoms. The van der Waals surface area contributed by atoms with Gasteiger partial charge in [0.1, 0.15) is 0 Å². The Morgan fingerprint density at radius 1 is 0.970 bits per heavy atom. The van der Waals surface area contributed by atoms with Gasteiger partial charge in [-0.2, -0.15) is 4.31 Å². The molecule has 0 aliphatic carbocycles. The Hall–Kier alpha value is -2.88. The minimum absolute atomic E-state index is 0.0786. The number of ether oxygens (including phenoxy) is 2. The predicted octanol–water partition coefficient (Wildman–Crippen LogP) is 4.47. The van der Waals surface area contributed by atoms with E-state index in [0.717, 1.165) is 15.6 Å². The monoisotopic (exact) mass is 530 g/mol. The van der Waals surface area contributed by atoms with Crippen molar-refractivity contribution < 1.29 is 22.7 Å². The van der Waals surface area contributed by atoms with E-state index < -0.39 is 10.0 Å². The normalized spacial score (nSPS) is 13.8. The summed E-state index contributed by atoms with van der Waals surface area (Å²) in [5.41, 5.74) is 2.78. The highest BCUT2D eigenvalue weighted by Gasteiger charge is 2.30. The molecule has 3 aromatic rings. The van der Waals surface area contributed by atoms with Crippen LogP contribution in [-0.2, 0) is 23.0 Å². The van der Waals surface area contributed by atoms with Crippen molar-refractivity contribution in [2.24, 2.45) is 0 Å². The highest BCUT2D eigenvalue weighted by atomic mass is 79.9. The van der Waals surface area contributed by atoms with E-state index in [-0.39, 0.29) is 22.9 Å². The molecule has 0 bridgehead atoms. The Kier molecular flexibility index (Phi) is 6.73. The van der Waals surface area contributed by atoms with E-state index >= 15 is 0 Å². The molecule has 1 heterocycles. The smallest absolute Gasteiger partial charge is 0.255 e. The highest BCUT2D eigenvalue weighted by Crippen LogP contribution is 2.34. The van der Waals surface area contributed by atoms with Gasteiger partial charge in [-0.05, 0) is 72.1 Å². The summed E-state index contributed by atoms with van der Waals surface area (Å²) in [6.45, 7) is 0.549. The largest absolute Gasteiger partial charge is 0.493 e. The van der Waals surface area contributed by atoms with E-state index in [9.17, 15) is 13.2 Å². The van der Waals surface area contributed by atoms with Gasteiger partial charge in [-0.25, -0.2) is 8.42 Å². The lowest BCUT2D eigenvalue weighted by atomic mass is 10.0. The Bertz CT molecular complexity index is 1290. The van der Waals surface area contributed by atoms with E-state index in [1.54, 1.807) is 38.5 Å². The number of benzene rings is 3. The van der Waals surface area contributed by atoms with E-state index in [1.165, 1.54) is 16.4 Å². The van der Waals surface area contributed by atoms with Crippen LogP contribution in [0.5, 0.6) is 11.5 Å². The number of rotatable bonds is 6. The summed E-state index contributed by atoms with van der Waals surface area (Å²) in [7, 11) is -0.678. The predicted molar refractivity (Wildman–Crippen MR) is 129 cm³/mol. The standard InChI is InChI=1S/C24H23BrN2O5S/c1-31-22-13-16-10-11-27(15-18(16)14-23(22)32-2)33(29,30)21-5-3-4-17(12-21)24(28)26-20-8-6-19(25)7-9-20/h3-9,12-14H,10-11,15H2,1-2H3,(H,26,28). The molecule has 0 saturated heterocycles. The number of carbonyl (C=O) groups excluding carboxylic acids is 1. The van der Waals surface area contributed by atoms with Crippen LogP contribution in [0.4, 0.5) is 5.69 Å². The number of methoxy groups -OCH3 is 2. The summed E-state index contributed by atoms with van der Waals surface area (Å²) in [6, 6.07) is 17.0. The first kappa shape index (κ1) is 23.3. The van der Waals surface area contributed by atoms with Gasteiger partial charge in [-0.1, -0.05) is 22.0 Å². The molecule has 1 aliphatic rings. The van der Waals surface area contributed by atoms with Crippen LogP contribution in [0.2, 0.25) is 0 Å². The van der Waals surface area contributed by atoms with Crippen LogP contribution in [0.15, 0.2) is 70.0 Å². The van der Waals surface area contributed by atoms with Gasteiger partial charge in [0.15, 0.2) is 11.5 Å². The van der Waals surface area contributed by atoms with Gasteiger partial charge >= 0.3 is 0 Å². The maximum absolute atomic E-state index is 13.4. The fraction of sp³-hybridized carbons (Fsp3) is 0.208. The average molecular weight is 531 g/mol. The number of nitrogens with one attached hydrogen (secondary N) is 1. The molecule has 0 fully saturated rings. The second kappa shape index (κ2) is 9.54. The van der Waals surface area contributed by atoms with Crippen molar-refractivity contribution >= 4 is 37.5 Å². The first-order valence-electron chi connectivity index (χ1n) is 10.2. The third kappa shape index (κ3) is 4.90. The number of anilines is 1. The molecule has 0 radical (unpaired) electrons. The number of amides is 1. The maximum Gasteiger partial charge on any atom is 0.255 e. The van der Waals surface area contributed by atoms with Crippen LogP contribution in [0.25, 0.3) is 0 Å². The Morgan fingerprint density at radius 2 is 1.64 bits per heavy atom. The second-order valence-corrected chi connectivity index (χ2v) is 10.4. The first-order valence-corrected chi connectivity index (χ1v) is 12.5. The number of nitrogens with zero attached hydrogens (tertiary/aromatic N) is 1. The maximum atomic E-state index is 13.4. The van der Waals surface area contributed by atoms with Gasteiger partial charge in [0.05, 0.1) is 19.1 Å². The lowest BCUT2D eigenvalue weighted by Gasteiger charge is -2.29. The van der Waals surface area contributed by atoms with Crippen molar-refractivity contribution in [2.45, 2.75) is 17.9 Å². The molecular formula is C24H23BrN2O5S. The van der Waals surface area contributed by atoms with Crippen molar-refractivity contribution in [1.29, 1.82) is 0 Å². The lowest BCUT2D eigenvalue weighted by molar-refractivity contribution is 0.102. The van der Waals surface area contributed by atoms with Gasteiger partial charge in [-0.3, -0.25) is 4.79 Å². The number of halogens is 1. The Labute approximate surface area is 201 Å². The fourth-order valence-electron chi connectivity index (χ4n) is 3.75. The first-order chi connectivity index (χ1) is 15.8. The summed E-state index contributed by atoms with van der Waals surface area (Å²) in [4.78, 5) is 12.8. The van der Waals surface area contributed by atoms with Crippen LogP contribution < -0.4 is 14.8 Å². The van der Waals surface area contributed by atoms with Gasteiger partial charge in [-0.15, -0.1) is 0 Å². The minimum Gasteiger partial charge on any atom is -0.493 e. The summed E-state index contributed by atoms with van der Waals surface area (Å²) >= 11 is 3.35. The topological polar surface area (TPSA) is 84.9 Å². The lowest BCUT2D eigenvalue weighted by Crippen LogP contribution is -2.36. The molecule has 1 amide bonds. The van der Waals surface area contributed by atoms with Gasteiger partial charge in [0.25, 0.3) is 5.91 Å². The molecule has 0 saturated carbocycles. The molecule has 0 atom stereocenters. The van der Waals surface area contributed by atoms with Crippen LogP contribution in [0.1, 0.15) is 21.5 Å². The van der Waals surface area contributed by atoms with Crippen molar-refractivity contribution in [1.82, 2.24) is 4.31 Å². The highest BCUT2D eigenvalue weighted by molar-refractivity contribution is 9.10. The van der Waals surface area contributed by atoms with Gasteiger partial charge in [0.2, 0.25) is 10.0 Å². The third-order valence-electron chi connectivity index (χ3n) is 5.52. The molecule has 172 valence electrons. The van der Waals surface area contributed by atoms with E-state index in [1.807, 2.05) is 24.3 Å². The quantitative estimate of drug-likeness (QED) is 0.508. The zero-order valence-corrected chi connectivity index (χ0v) is 20.6. The Balaban J connectivity index is 1.57. The number of hydrogen-bond acceptors (Lipinski definition) is 5. The zero-order chi connectivity index (χ0) is 23.6. The SMILES string of the molecule is COc1cc2c(cc1OC)CN(S(=O)(=O)c1cccc(C(=O)Nc3ccc(Br)cc3)c1)CC2. The minimum atomic E-state index is -3.80. The van der Waals surface area contributed by atoms with Crippen LogP contribution in [0, 0.1) is 0 Å². The van der Waals surface area contributed by atoms with E-state index in [0.29, 0.717) is 30.2 Å². The number of carbonyl (C=O) groups is 1. The number of hydrogen-bond donors (Lipinski definition) is 1. The Morgan fingerprint density at radius 3 is 2.30 bits per heavy atom. The average Bonchev–Trinajstić information content (AvgIpc) is 2.84. The van der Waals surface area contributed by atoms with Crippen LogP contribution in [0.3, 0.4) is 0 Å². The summed E-state index contributed by atoms with van der Waals surface area (Å²) < 4.78 is 39.8. The van der Waals surface area contributed by atoms with Crippen molar-refractivity contribution in [2.75, 3.05) is 26.1 Å². The molecular weight excluding hydrogens is 508 g/mol. The van der Waals surface area contributed by atoms with E-state index in [2.05, 4.69) is 21.2 Å². The summed E-state index contributed by atoms with van der Waals surface area (Å²) in [5.74, 6) is 0.800. The molecule has 7 nitrogen and oxygen atoms in total. The van der Waals surface area contributed by atoms with Gasteiger partial charge < -0.3 is 14.8 Å². The summed E-state index contributed by atoms with van der Waals surface area (Å²) in [6.07, 6.45) is 0.554. The van der Waals surface area contributed by atoms with Crippen molar-refractivity contribution in [3.63, 3.8) is 0 Å². The number of sulfonamides is 1. The zero-order valence-electron chi connectivity index (χ0n) is 18.2. The molecule has 4 rings (SSSR count). The number of fused-ring (bicyclic) bond motifs is 1. The molecule has 0 aromatic heterocycles. The molecule has 0 spiro atoms. The summed E-state index contributed by atoms with van der Waals surface area (Å²) in [5, 5.41) is 2.79. The van der Waals surface area contributed by atoms with Crippen molar-refractivity contribution in [3.8, 4) is 11.5 Å². The fourth-order valence-corrected chi connectivity index (χ4v) is 5.48. The molecule has 1 N–H and O–H groups in total. The van der Waals surface area contributed by atoms with Gasteiger partial charge in [0, 0.05) is 28.8 Å². The second-order valence-electron chi connectivity index (χ2n) is 7.55.